The highest BCUT2D eigenvalue weighted by Gasteiger charge is 2.40. The largest absolute Gasteiger partial charge is 0.352 e. The molecule has 0 radical (unpaired) electrons. The van der Waals surface area contributed by atoms with Gasteiger partial charge in [0.05, 0.1) is 12.2 Å². The van der Waals surface area contributed by atoms with Crippen molar-refractivity contribution in [2.75, 3.05) is 17.4 Å². The highest BCUT2D eigenvalue weighted by Crippen LogP contribution is 2.43. The van der Waals surface area contributed by atoms with Crippen molar-refractivity contribution in [1.29, 1.82) is 0 Å². The van der Waals surface area contributed by atoms with Gasteiger partial charge in [-0.15, -0.1) is 6.58 Å². The van der Waals surface area contributed by atoms with Gasteiger partial charge >= 0.3 is 0 Å². The van der Waals surface area contributed by atoms with E-state index >= 15 is 0 Å². The topological polar surface area (TPSA) is 66.5 Å². The SMILES string of the molecule is C=CCN1c2ccc(Cl)cc2C(c2ccccc2)=C(C(=O)NCC)S1(=O)=O. The van der Waals surface area contributed by atoms with E-state index in [9.17, 15) is 13.2 Å². The molecule has 140 valence electrons. The summed E-state index contributed by atoms with van der Waals surface area (Å²) < 4.78 is 27.9. The fourth-order valence-corrected chi connectivity index (χ4v) is 5.00. The summed E-state index contributed by atoms with van der Waals surface area (Å²) in [5, 5.41) is 3.07. The minimum atomic E-state index is -4.08. The molecule has 0 fully saturated rings. The number of halogens is 1. The van der Waals surface area contributed by atoms with E-state index < -0.39 is 15.9 Å². The van der Waals surface area contributed by atoms with Gasteiger partial charge in [0.25, 0.3) is 15.9 Å². The van der Waals surface area contributed by atoms with E-state index in [1.165, 1.54) is 10.4 Å². The number of hydrogen-bond acceptors (Lipinski definition) is 3. The molecule has 2 aromatic rings. The van der Waals surface area contributed by atoms with Crippen molar-refractivity contribution in [2.24, 2.45) is 0 Å². The molecule has 0 aromatic heterocycles. The second-order valence-electron chi connectivity index (χ2n) is 5.92. The molecule has 5 nitrogen and oxygen atoms in total. The number of rotatable bonds is 5. The average Bonchev–Trinajstić information content (AvgIpc) is 2.64. The van der Waals surface area contributed by atoms with Crippen LogP contribution >= 0.6 is 11.6 Å². The van der Waals surface area contributed by atoms with Gasteiger partial charge in [-0.2, -0.15) is 0 Å². The third kappa shape index (κ3) is 3.38. The fraction of sp³-hybridized carbons (Fsp3) is 0.150. The van der Waals surface area contributed by atoms with Crippen LogP contribution in [0.2, 0.25) is 5.02 Å². The van der Waals surface area contributed by atoms with E-state index in [0.29, 0.717) is 34.0 Å². The van der Waals surface area contributed by atoms with Gasteiger partial charge in [0, 0.05) is 22.7 Å². The van der Waals surface area contributed by atoms with Crippen LogP contribution in [-0.4, -0.2) is 27.4 Å². The maximum Gasteiger partial charge on any atom is 0.270 e. The first kappa shape index (κ1) is 19.2. The Morgan fingerprint density at radius 2 is 1.93 bits per heavy atom. The first-order valence-corrected chi connectivity index (χ1v) is 10.2. The summed E-state index contributed by atoms with van der Waals surface area (Å²) in [6, 6.07) is 13.9. The highest BCUT2D eigenvalue weighted by atomic mass is 35.5. The molecule has 1 amide bonds. The molecule has 27 heavy (non-hydrogen) atoms. The third-order valence-corrected chi connectivity index (χ3v) is 6.24. The zero-order valence-corrected chi connectivity index (χ0v) is 16.3. The van der Waals surface area contributed by atoms with Gasteiger partial charge in [0.1, 0.15) is 0 Å². The molecule has 7 heteroatoms. The zero-order chi connectivity index (χ0) is 19.6. The van der Waals surface area contributed by atoms with Crippen LogP contribution in [-0.2, 0) is 14.8 Å². The van der Waals surface area contributed by atoms with Gasteiger partial charge < -0.3 is 5.32 Å². The molecule has 1 aliphatic rings. The summed E-state index contributed by atoms with van der Waals surface area (Å²) in [7, 11) is -4.08. The van der Waals surface area contributed by atoms with E-state index in [1.807, 2.05) is 6.07 Å². The first-order valence-electron chi connectivity index (χ1n) is 8.43. The third-order valence-electron chi connectivity index (χ3n) is 4.17. The van der Waals surface area contributed by atoms with Crippen molar-refractivity contribution in [3.63, 3.8) is 0 Å². The standard InChI is InChI=1S/C20H19ClN2O3S/c1-3-12-23-17-11-10-15(21)13-16(17)18(14-8-6-5-7-9-14)19(27(23,25)26)20(24)22-4-2/h3,5-11,13H,1,4,12H2,2H3,(H,22,24). The molecule has 0 unspecified atom stereocenters. The van der Waals surface area contributed by atoms with Crippen LogP contribution < -0.4 is 9.62 Å². The zero-order valence-electron chi connectivity index (χ0n) is 14.8. The summed E-state index contributed by atoms with van der Waals surface area (Å²) in [5.41, 5.74) is 2.03. The van der Waals surface area contributed by atoms with E-state index in [4.69, 9.17) is 11.6 Å². The molecule has 1 N–H and O–H groups in total. The number of carbonyl (C=O) groups is 1. The molecule has 1 heterocycles. The molecule has 0 spiro atoms. The normalized spacial score (nSPS) is 15.3. The number of hydrogen-bond donors (Lipinski definition) is 1. The smallest absolute Gasteiger partial charge is 0.270 e. The number of likely N-dealkylation sites (N-methyl/N-ethyl adjacent to an activating group) is 1. The predicted molar refractivity (Wildman–Crippen MR) is 109 cm³/mol. The number of sulfonamides is 1. The van der Waals surface area contributed by atoms with Crippen LogP contribution in [0.1, 0.15) is 18.1 Å². The van der Waals surface area contributed by atoms with E-state index in [2.05, 4.69) is 11.9 Å². The number of fused-ring (bicyclic) bond motifs is 1. The molecule has 2 aromatic carbocycles. The Balaban J connectivity index is 2.44. The van der Waals surface area contributed by atoms with Crippen molar-refractivity contribution in [1.82, 2.24) is 5.32 Å². The van der Waals surface area contributed by atoms with Crippen molar-refractivity contribution in [3.8, 4) is 0 Å². The maximum absolute atomic E-state index is 13.4. The van der Waals surface area contributed by atoms with Crippen LogP contribution in [0.15, 0.2) is 66.1 Å². The monoisotopic (exact) mass is 402 g/mol. The van der Waals surface area contributed by atoms with Crippen molar-refractivity contribution in [3.05, 3.63) is 82.2 Å². The molecule has 1 aliphatic heterocycles. The lowest BCUT2D eigenvalue weighted by atomic mass is 9.95. The average molecular weight is 403 g/mol. The van der Waals surface area contributed by atoms with Crippen molar-refractivity contribution < 1.29 is 13.2 Å². The predicted octanol–water partition coefficient (Wildman–Crippen LogP) is 3.57. The van der Waals surface area contributed by atoms with Crippen LogP contribution in [0.5, 0.6) is 0 Å². The van der Waals surface area contributed by atoms with Gasteiger partial charge in [0.15, 0.2) is 4.91 Å². The van der Waals surface area contributed by atoms with Crippen LogP contribution in [0.4, 0.5) is 5.69 Å². The van der Waals surface area contributed by atoms with E-state index in [1.54, 1.807) is 49.4 Å². The minimum absolute atomic E-state index is 0.0436. The minimum Gasteiger partial charge on any atom is -0.352 e. The van der Waals surface area contributed by atoms with Crippen LogP contribution in [0.3, 0.4) is 0 Å². The number of amides is 1. The number of benzene rings is 2. The molecular formula is C20H19ClN2O3S. The molecule has 0 saturated carbocycles. The van der Waals surface area contributed by atoms with Gasteiger partial charge in [-0.1, -0.05) is 48.0 Å². The Labute approximate surface area is 164 Å². The lowest BCUT2D eigenvalue weighted by molar-refractivity contribution is -0.116. The van der Waals surface area contributed by atoms with E-state index in [0.717, 1.165) is 0 Å². The number of nitrogens with zero attached hydrogens (tertiary/aromatic N) is 1. The van der Waals surface area contributed by atoms with Gasteiger partial charge in [-0.3, -0.25) is 9.10 Å². The summed E-state index contributed by atoms with van der Waals surface area (Å²) in [6.07, 6.45) is 1.48. The molecule has 0 aliphatic carbocycles. The summed E-state index contributed by atoms with van der Waals surface area (Å²) in [4.78, 5) is 12.5. The summed E-state index contributed by atoms with van der Waals surface area (Å²) >= 11 is 6.20. The Bertz CT molecular complexity index is 1030. The van der Waals surface area contributed by atoms with Crippen molar-refractivity contribution >= 4 is 38.8 Å². The molecule has 3 rings (SSSR count). The maximum atomic E-state index is 13.4. The number of nitrogens with one attached hydrogen (secondary N) is 1. The molecular weight excluding hydrogens is 384 g/mol. The Kier molecular flexibility index (Phi) is 5.39. The first-order chi connectivity index (χ1) is 12.9. The second kappa shape index (κ2) is 7.58. The Morgan fingerprint density at radius 1 is 1.22 bits per heavy atom. The lowest BCUT2D eigenvalue weighted by Crippen LogP contribution is -2.41. The molecule has 0 bridgehead atoms. The van der Waals surface area contributed by atoms with Gasteiger partial charge in [-0.25, -0.2) is 8.42 Å². The number of carbonyl (C=O) groups excluding carboxylic acids is 1. The Hall–Kier alpha value is -2.57. The molecule has 0 saturated heterocycles. The summed E-state index contributed by atoms with van der Waals surface area (Å²) in [5.74, 6) is -0.643. The van der Waals surface area contributed by atoms with Crippen LogP contribution in [0, 0.1) is 0 Å². The van der Waals surface area contributed by atoms with Gasteiger partial charge in [-0.05, 0) is 30.7 Å². The van der Waals surface area contributed by atoms with Crippen LogP contribution in [0.25, 0.3) is 5.57 Å². The fourth-order valence-electron chi connectivity index (χ4n) is 3.09. The second-order valence-corrected chi connectivity index (χ2v) is 8.15. The Morgan fingerprint density at radius 3 is 2.56 bits per heavy atom. The van der Waals surface area contributed by atoms with Crippen molar-refractivity contribution in [2.45, 2.75) is 6.92 Å². The summed E-state index contributed by atoms with van der Waals surface area (Å²) in [6.45, 7) is 5.74. The lowest BCUT2D eigenvalue weighted by Gasteiger charge is -2.33. The van der Waals surface area contributed by atoms with Gasteiger partial charge in [0.2, 0.25) is 0 Å². The van der Waals surface area contributed by atoms with E-state index in [-0.39, 0.29) is 11.4 Å². The quantitative estimate of drug-likeness (QED) is 0.777. The number of anilines is 1. The highest BCUT2D eigenvalue weighted by molar-refractivity contribution is 7.97. The molecule has 0 atom stereocenters.